The van der Waals surface area contributed by atoms with E-state index in [-0.39, 0.29) is 6.03 Å². The van der Waals surface area contributed by atoms with Gasteiger partial charge in [0.1, 0.15) is 5.75 Å². The zero-order chi connectivity index (χ0) is 13.0. The number of rotatable bonds is 5. The fraction of sp³-hybridized carbons (Fsp3) is 0.500. The van der Waals surface area contributed by atoms with Crippen molar-refractivity contribution in [1.82, 2.24) is 10.2 Å². The largest absolute Gasteiger partial charge is 0.496 e. The molecule has 2 amide bonds. The summed E-state index contributed by atoms with van der Waals surface area (Å²) in [6.07, 6.45) is 3.04. The van der Waals surface area contributed by atoms with Crippen LogP contribution in [0, 0.1) is 0 Å². The molecule has 1 fully saturated rings. The monoisotopic (exact) mass is 248 g/mol. The van der Waals surface area contributed by atoms with Gasteiger partial charge in [0.2, 0.25) is 0 Å². The molecule has 0 bridgehead atoms. The molecular weight excluding hydrogens is 228 g/mol. The van der Waals surface area contributed by atoms with E-state index in [2.05, 4.69) is 5.32 Å². The molecule has 0 atom stereocenters. The van der Waals surface area contributed by atoms with Gasteiger partial charge in [-0.1, -0.05) is 18.2 Å². The first-order valence-corrected chi connectivity index (χ1v) is 6.34. The molecule has 18 heavy (non-hydrogen) atoms. The fourth-order valence-corrected chi connectivity index (χ4v) is 1.81. The molecule has 0 unspecified atom stereocenters. The number of amides is 2. The van der Waals surface area contributed by atoms with Crippen molar-refractivity contribution in [1.29, 1.82) is 0 Å². The number of methoxy groups -OCH3 is 1. The Labute approximate surface area is 108 Å². The molecule has 1 aliphatic carbocycles. The maximum absolute atomic E-state index is 11.8. The van der Waals surface area contributed by atoms with E-state index in [1.54, 1.807) is 12.0 Å². The van der Waals surface area contributed by atoms with Gasteiger partial charge in [0.15, 0.2) is 0 Å². The Hall–Kier alpha value is -1.71. The predicted molar refractivity (Wildman–Crippen MR) is 70.9 cm³/mol. The van der Waals surface area contributed by atoms with E-state index in [0.717, 1.165) is 30.6 Å². The molecule has 1 N–H and O–H groups in total. The first-order chi connectivity index (χ1) is 8.70. The molecule has 1 aromatic carbocycles. The van der Waals surface area contributed by atoms with Crippen LogP contribution in [0.2, 0.25) is 0 Å². The second kappa shape index (κ2) is 5.76. The topological polar surface area (TPSA) is 41.6 Å². The molecule has 1 saturated carbocycles. The lowest BCUT2D eigenvalue weighted by molar-refractivity contribution is 0.208. The van der Waals surface area contributed by atoms with E-state index < -0.39 is 0 Å². The number of ether oxygens (including phenoxy) is 1. The Morgan fingerprint density at radius 2 is 2.17 bits per heavy atom. The Kier molecular flexibility index (Phi) is 4.07. The molecule has 0 saturated heterocycles. The molecule has 4 heteroatoms. The lowest BCUT2D eigenvalue weighted by Gasteiger charge is -2.18. The Bertz CT molecular complexity index is 416. The number of carbonyl (C=O) groups excluding carboxylic acids is 1. The number of hydrogen-bond donors (Lipinski definition) is 1. The van der Waals surface area contributed by atoms with E-state index in [0.29, 0.717) is 12.6 Å². The summed E-state index contributed by atoms with van der Waals surface area (Å²) >= 11 is 0. The summed E-state index contributed by atoms with van der Waals surface area (Å²) in [7, 11) is 3.50. The van der Waals surface area contributed by atoms with Gasteiger partial charge >= 0.3 is 6.03 Å². The van der Waals surface area contributed by atoms with Crippen LogP contribution in [-0.4, -0.2) is 37.7 Å². The summed E-state index contributed by atoms with van der Waals surface area (Å²) < 4.78 is 5.29. The number of nitrogens with zero attached hydrogens (tertiary/aromatic N) is 1. The third-order valence-corrected chi connectivity index (χ3v) is 3.16. The van der Waals surface area contributed by atoms with Gasteiger partial charge in [-0.15, -0.1) is 0 Å². The van der Waals surface area contributed by atoms with E-state index in [1.807, 2.05) is 31.3 Å². The number of urea groups is 1. The molecule has 0 aromatic heterocycles. The summed E-state index contributed by atoms with van der Waals surface area (Å²) in [5.41, 5.74) is 1.13. The van der Waals surface area contributed by atoms with Gasteiger partial charge < -0.3 is 15.0 Å². The predicted octanol–water partition coefficient (Wildman–Crippen LogP) is 2.04. The van der Waals surface area contributed by atoms with Crippen molar-refractivity contribution in [2.75, 3.05) is 20.7 Å². The van der Waals surface area contributed by atoms with Crippen molar-refractivity contribution in [2.45, 2.75) is 25.3 Å². The number of benzene rings is 1. The Morgan fingerprint density at radius 1 is 1.44 bits per heavy atom. The van der Waals surface area contributed by atoms with Gasteiger partial charge in [-0.2, -0.15) is 0 Å². The van der Waals surface area contributed by atoms with Crippen molar-refractivity contribution in [3.63, 3.8) is 0 Å². The molecule has 1 aromatic rings. The summed E-state index contributed by atoms with van der Waals surface area (Å²) in [5, 5.41) is 2.97. The SMILES string of the molecule is COc1ccccc1CCN(C)C(=O)NC1CC1. The minimum atomic E-state index is 0.0207. The highest BCUT2D eigenvalue weighted by Crippen LogP contribution is 2.19. The zero-order valence-electron chi connectivity index (χ0n) is 11.0. The number of hydrogen-bond acceptors (Lipinski definition) is 2. The molecule has 1 aliphatic rings. The van der Waals surface area contributed by atoms with Gasteiger partial charge in [-0.05, 0) is 30.9 Å². The number of carbonyl (C=O) groups is 1. The Balaban J connectivity index is 1.84. The van der Waals surface area contributed by atoms with Crippen LogP contribution in [0.4, 0.5) is 4.79 Å². The van der Waals surface area contributed by atoms with Crippen LogP contribution in [-0.2, 0) is 6.42 Å². The first kappa shape index (κ1) is 12.7. The number of para-hydroxylation sites is 1. The summed E-state index contributed by atoms with van der Waals surface area (Å²) in [6.45, 7) is 0.693. The Morgan fingerprint density at radius 3 is 2.83 bits per heavy atom. The number of likely N-dealkylation sites (N-methyl/N-ethyl adjacent to an activating group) is 1. The van der Waals surface area contributed by atoms with Gasteiger partial charge in [-0.3, -0.25) is 0 Å². The quantitative estimate of drug-likeness (QED) is 0.866. The van der Waals surface area contributed by atoms with Crippen LogP contribution in [0.5, 0.6) is 5.75 Å². The molecule has 0 spiro atoms. The molecular formula is C14H20N2O2. The third kappa shape index (κ3) is 3.39. The van der Waals surface area contributed by atoms with Crippen molar-refractivity contribution >= 4 is 6.03 Å². The average molecular weight is 248 g/mol. The summed E-state index contributed by atoms with van der Waals surface area (Å²) in [4.78, 5) is 13.5. The minimum Gasteiger partial charge on any atom is -0.496 e. The molecule has 4 nitrogen and oxygen atoms in total. The summed E-state index contributed by atoms with van der Waals surface area (Å²) in [6, 6.07) is 8.34. The van der Waals surface area contributed by atoms with E-state index in [4.69, 9.17) is 4.74 Å². The van der Waals surface area contributed by atoms with Gasteiger partial charge in [-0.25, -0.2) is 4.79 Å². The fourth-order valence-electron chi connectivity index (χ4n) is 1.81. The maximum atomic E-state index is 11.8. The van der Waals surface area contributed by atoms with E-state index >= 15 is 0 Å². The van der Waals surface area contributed by atoms with Crippen LogP contribution in [0.15, 0.2) is 24.3 Å². The molecule has 0 aliphatic heterocycles. The van der Waals surface area contributed by atoms with Gasteiger partial charge in [0, 0.05) is 19.6 Å². The lowest BCUT2D eigenvalue weighted by Crippen LogP contribution is -2.39. The number of nitrogens with one attached hydrogen (secondary N) is 1. The van der Waals surface area contributed by atoms with Gasteiger partial charge in [0.05, 0.1) is 7.11 Å². The van der Waals surface area contributed by atoms with Crippen molar-refractivity contribution in [3.05, 3.63) is 29.8 Å². The van der Waals surface area contributed by atoms with Crippen LogP contribution in [0.1, 0.15) is 18.4 Å². The van der Waals surface area contributed by atoms with Crippen molar-refractivity contribution < 1.29 is 9.53 Å². The molecule has 0 radical (unpaired) electrons. The van der Waals surface area contributed by atoms with E-state index in [1.165, 1.54) is 0 Å². The smallest absolute Gasteiger partial charge is 0.317 e. The highest BCUT2D eigenvalue weighted by Gasteiger charge is 2.24. The van der Waals surface area contributed by atoms with Crippen molar-refractivity contribution in [3.8, 4) is 5.75 Å². The van der Waals surface area contributed by atoms with Crippen LogP contribution in [0.3, 0.4) is 0 Å². The van der Waals surface area contributed by atoms with Crippen LogP contribution in [0.25, 0.3) is 0 Å². The first-order valence-electron chi connectivity index (χ1n) is 6.34. The second-order valence-electron chi connectivity index (χ2n) is 4.71. The lowest BCUT2D eigenvalue weighted by atomic mass is 10.1. The zero-order valence-corrected chi connectivity index (χ0v) is 11.0. The average Bonchev–Trinajstić information content (AvgIpc) is 3.20. The minimum absolute atomic E-state index is 0.0207. The standard InChI is InChI=1S/C14H20N2O2/c1-16(14(17)15-12-7-8-12)10-9-11-5-3-4-6-13(11)18-2/h3-6,12H,7-10H2,1-2H3,(H,15,17). The highest BCUT2D eigenvalue weighted by molar-refractivity contribution is 5.74. The highest BCUT2D eigenvalue weighted by atomic mass is 16.5. The second-order valence-corrected chi connectivity index (χ2v) is 4.71. The van der Waals surface area contributed by atoms with Gasteiger partial charge in [0.25, 0.3) is 0 Å². The molecule has 0 heterocycles. The van der Waals surface area contributed by atoms with Crippen LogP contribution < -0.4 is 10.1 Å². The normalized spacial score (nSPS) is 14.1. The maximum Gasteiger partial charge on any atom is 0.317 e. The molecule has 2 rings (SSSR count). The van der Waals surface area contributed by atoms with Crippen LogP contribution >= 0.6 is 0 Å². The van der Waals surface area contributed by atoms with Crippen molar-refractivity contribution in [2.24, 2.45) is 0 Å². The summed E-state index contributed by atoms with van der Waals surface area (Å²) in [5.74, 6) is 0.883. The van der Waals surface area contributed by atoms with E-state index in [9.17, 15) is 4.79 Å². The molecule has 98 valence electrons. The third-order valence-electron chi connectivity index (χ3n) is 3.16.